The highest BCUT2D eigenvalue weighted by Gasteiger charge is 2.44. The number of benzene rings is 1. The summed E-state index contributed by atoms with van der Waals surface area (Å²) in [6.45, 7) is 5.07. The maximum absolute atomic E-state index is 14.4. The molecule has 8 heteroatoms. The van der Waals surface area contributed by atoms with Crippen molar-refractivity contribution in [2.24, 2.45) is 5.16 Å². The Hall–Kier alpha value is -2.54. The number of hydrogen-bond acceptors (Lipinski definition) is 5. The van der Waals surface area contributed by atoms with Crippen LogP contribution in [-0.4, -0.2) is 28.9 Å². The topological polar surface area (TPSA) is 60.8 Å². The number of oxime groups is 1. The van der Waals surface area contributed by atoms with Crippen LogP contribution in [0.4, 0.5) is 8.78 Å². The summed E-state index contributed by atoms with van der Waals surface area (Å²) in [7, 11) is 0. The van der Waals surface area contributed by atoms with Gasteiger partial charge in [0, 0.05) is 28.8 Å². The van der Waals surface area contributed by atoms with E-state index in [4.69, 9.17) is 21.2 Å². The fourth-order valence-electron chi connectivity index (χ4n) is 2.78. The average Bonchev–Trinajstić information content (AvgIpc) is 2.99. The molecule has 0 fully saturated rings. The van der Waals surface area contributed by atoms with Crippen LogP contribution in [0.15, 0.2) is 29.4 Å². The van der Waals surface area contributed by atoms with Gasteiger partial charge in [-0.15, -0.1) is 0 Å². The zero-order chi connectivity index (χ0) is 19.8. The van der Waals surface area contributed by atoms with Gasteiger partial charge in [0.1, 0.15) is 5.82 Å². The van der Waals surface area contributed by atoms with E-state index < -0.39 is 23.3 Å². The SMILES string of the molecule is CCOC(=O)C1(C)CC(c2cc(-c3ccc(C)nc3F)c(F)cc2Cl)=NO1. The lowest BCUT2D eigenvalue weighted by Crippen LogP contribution is -2.37. The minimum atomic E-state index is -1.29. The van der Waals surface area contributed by atoms with E-state index in [2.05, 4.69) is 10.1 Å². The van der Waals surface area contributed by atoms with Gasteiger partial charge in [0.05, 0.1) is 17.3 Å². The molecule has 1 aliphatic rings. The van der Waals surface area contributed by atoms with E-state index in [0.29, 0.717) is 17.0 Å². The Morgan fingerprint density at radius 2 is 2.04 bits per heavy atom. The molecule has 0 aliphatic carbocycles. The van der Waals surface area contributed by atoms with Crippen molar-refractivity contribution in [2.45, 2.75) is 32.8 Å². The molecule has 1 atom stereocenters. The van der Waals surface area contributed by atoms with Gasteiger partial charge < -0.3 is 9.57 Å². The lowest BCUT2D eigenvalue weighted by atomic mass is 9.94. The molecular formula is C19H17ClF2N2O3. The van der Waals surface area contributed by atoms with Crippen LogP contribution in [0.3, 0.4) is 0 Å². The summed E-state index contributed by atoms with van der Waals surface area (Å²) in [4.78, 5) is 21.1. The summed E-state index contributed by atoms with van der Waals surface area (Å²) >= 11 is 6.17. The number of aromatic nitrogens is 1. The van der Waals surface area contributed by atoms with E-state index in [9.17, 15) is 13.6 Å². The van der Waals surface area contributed by atoms with Crippen molar-refractivity contribution in [3.63, 3.8) is 0 Å². The third-order valence-corrected chi connectivity index (χ3v) is 4.53. The third kappa shape index (κ3) is 3.64. The van der Waals surface area contributed by atoms with Crippen LogP contribution in [0.5, 0.6) is 0 Å². The van der Waals surface area contributed by atoms with Crippen molar-refractivity contribution in [1.29, 1.82) is 0 Å². The Labute approximate surface area is 159 Å². The van der Waals surface area contributed by atoms with Crippen molar-refractivity contribution in [3.8, 4) is 11.1 Å². The maximum Gasteiger partial charge on any atom is 0.353 e. The van der Waals surface area contributed by atoms with Gasteiger partial charge in [0.25, 0.3) is 0 Å². The number of hydrogen-bond donors (Lipinski definition) is 0. The van der Waals surface area contributed by atoms with Crippen molar-refractivity contribution in [3.05, 3.63) is 52.3 Å². The van der Waals surface area contributed by atoms with Crippen molar-refractivity contribution in [2.75, 3.05) is 6.61 Å². The summed E-state index contributed by atoms with van der Waals surface area (Å²) in [6, 6.07) is 5.49. The summed E-state index contributed by atoms with van der Waals surface area (Å²) < 4.78 is 33.6. The molecule has 0 amide bonds. The Bertz CT molecular complexity index is 949. The summed E-state index contributed by atoms with van der Waals surface area (Å²) in [5.41, 5.74) is -0.127. The van der Waals surface area contributed by atoms with Gasteiger partial charge in [-0.2, -0.15) is 4.39 Å². The second-order valence-electron chi connectivity index (χ2n) is 6.36. The Kier molecular flexibility index (Phi) is 5.15. The molecule has 0 saturated carbocycles. The number of carbonyl (C=O) groups is 1. The molecule has 0 bridgehead atoms. The van der Waals surface area contributed by atoms with Gasteiger partial charge in [-0.1, -0.05) is 16.8 Å². The van der Waals surface area contributed by atoms with Crippen LogP contribution in [0.25, 0.3) is 11.1 Å². The van der Waals surface area contributed by atoms with Crippen molar-refractivity contribution < 1.29 is 23.1 Å². The average molecular weight is 395 g/mol. The molecular weight excluding hydrogens is 378 g/mol. The Morgan fingerprint density at radius 3 is 2.70 bits per heavy atom. The van der Waals surface area contributed by atoms with E-state index in [1.54, 1.807) is 26.8 Å². The van der Waals surface area contributed by atoms with E-state index >= 15 is 0 Å². The third-order valence-electron chi connectivity index (χ3n) is 4.22. The number of carbonyl (C=O) groups excluding carboxylic acids is 1. The van der Waals surface area contributed by atoms with Gasteiger partial charge in [-0.25, -0.2) is 14.2 Å². The molecule has 2 heterocycles. The van der Waals surface area contributed by atoms with Gasteiger partial charge in [-0.3, -0.25) is 0 Å². The first-order chi connectivity index (χ1) is 12.7. The maximum atomic E-state index is 14.4. The highest BCUT2D eigenvalue weighted by atomic mass is 35.5. The minimum Gasteiger partial charge on any atom is -0.463 e. The van der Waals surface area contributed by atoms with Crippen LogP contribution in [0, 0.1) is 18.7 Å². The lowest BCUT2D eigenvalue weighted by Gasteiger charge is -2.18. The Morgan fingerprint density at radius 1 is 1.30 bits per heavy atom. The van der Waals surface area contributed by atoms with Crippen LogP contribution >= 0.6 is 11.6 Å². The van der Waals surface area contributed by atoms with Gasteiger partial charge in [-0.05, 0) is 45.0 Å². The monoisotopic (exact) mass is 394 g/mol. The second-order valence-corrected chi connectivity index (χ2v) is 6.77. The molecule has 3 rings (SSSR count). The Balaban J connectivity index is 1.99. The van der Waals surface area contributed by atoms with Crippen molar-refractivity contribution >= 4 is 23.3 Å². The molecule has 2 aromatic rings. The number of ether oxygens (including phenoxy) is 1. The first-order valence-corrected chi connectivity index (χ1v) is 8.68. The highest BCUT2D eigenvalue weighted by molar-refractivity contribution is 6.34. The molecule has 0 saturated heterocycles. The van der Waals surface area contributed by atoms with Crippen LogP contribution in [0.1, 0.15) is 31.5 Å². The van der Waals surface area contributed by atoms with Crippen LogP contribution in [-0.2, 0) is 14.4 Å². The predicted octanol–water partition coefficient (Wildman–Crippen LogP) is 4.43. The standard InChI is InChI=1S/C19H17ClF2N2O3/c1-4-26-18(25)19(3)9-16(24-27-19)13-7-12(15(21)8-14(13)20)11-6-5-10(2)23-17(11)22/h5-8H,4,9H2,1-3H3. The van der Waals surface area contributed by atoms with Crippen LogP contribution < -0.4 is 0 Å². The smallest absolute Gasteiger partial charge is 0.353 e. The first kappa shape index (κ1) is 19.2. The van der Waals surface area contributed by atoms with E-state index in [1.165, 1.54) is 12.1 Å². The molecule has 27 heavy (non-hydrogen) atoms. The van der Waals surface area contributed by atoms with E-state index in [1.807, 2.05) is 0 Å². The lowest BCUT2D eigenvalue weighted by molar-refractivity contribution is -0.166. The number of pyridine rings is 1. The van der Waals surface area contributed by atoms with E-state index in [-0.39, 0.29) is 29.2 Å². The zero-order valence-electron chi connectivity index (χ0n) is 15.0. The predicted molar refractivity (Wildman–Crippen MR) is 96.6 cm³/mol. The highest BCUT2D eigenvalue weighted by Crippen LogP contribution is 2.34. The zero-order valence-corrected chi connectivity index (χ0v) is 15.7. The molecule has 1 unspecified atom stereocenters. The first-order valence-electron chi connectivity index (χ1n) is 8.30. The van der Waals surface area contributed by atoms with Gasteiger partial charge in [0.15, 0.2) is 0 Å². The number of halogens is 3. The molecule has 5 nitrogen and oxygen atoms in total. The fourth-order valence-corrected chi connectivity index (χ4v) is 3.04. The summed E-state index contributed by atoms with van der Waals surface area (Å²) in [5.74, 6) is -2.04. The van der Waals surface area contributed by atoms with E-state index in [0.717, 1.165) is 6.07 Å². The molecule has 0 radical (unpaired) electrons. The summed E-state index contributed by atoms with van der Waals surface area (Å²) in [5, 5.41) is 4.00. The quantitative estimate of drug-likeness (QED) is 0.568. The molecule has 1 aromatic heterocycles. The summed E-state index contributed by atoms with van der Waals surface area (Å²) in [6.07, 6.45) is 0.0885. The number of rotatable bonds is 4. The molecule has 0 N–H and O–H groups in total. The largest absolute Gasteiger partial charge is 0.463 e. The molecule has 1 aromatic carbocycles. The van der Waals surface area contributed by atoms with Crippen molar-refractivity contribution in [1.82, 2.24) is 4.98 Å². The fraction of sp³-hybridized carbons (Fsp3) is 0.316. The number of aryl methyl sites for hydroxylation is 1. The van der Waals surface area contributed by atoms with Crippen LogP contribution in [0.2, 0.25) is 5.02 Å². The molecule has 142 valence electrons. The van der Waals surface area contributed by atoms with Gasteiger partial charge >= 0.3 is 5.97 Å². The second kappa shape index (κ2) is 7.23. The molecule has 1 aliphatic heterocycles. The normalized spacial score (nSPS) is 18.8. The number of esters is 1. The minimum absolute atomic E-state index is 0.00341. The number of nitrogens with zero attached hydrogens (tertiary/aromatic N) is 2. The van der Waals surface area contributed by atoms with Gasteiger partial charge in [0.2, 0.25) is 11.5 Å². The molecule has 0 spiro atoms.